The highest BCUT2D eigenvalue weighted by molar-refractivity contribution is 5.73. The summed E-state index contributed by atoms with van der Waals surface area (Å²) in [6, 6.07) is 25.3. The van der Waals surface area contributed by atoms with Gasteiger partial charge >= 0.3 is 0 Å². The molecule has 0 amide bonds. The fraction of sp³-hybridized carbons (Fsp3) is 0.400. The third-order valence-corrected chi connectivity index (χ3v) is 6.54. The van der Waals surface area contributed by atoms with E-state index in [4.69, 9.17) is 0 Å². The molecule has 3 aromatic carbocycles. The van der Waals surface area contributed by atoms with E-state index in [0.717, 1.165) is 12.0 Å². The van der Waals surface area contributed by atoms with E-state index in [-0.39, 0.29) is 5.41 Å². The van der Waals surface area contributed by atoms with Crippen LogP contribution < -0.4 is 0 Å². The van der Waals surface area contributed by atoms with Crippen LogP contribution in [0.5, 0.6) is 5.75 Å². The highest BCUT2D eigenvalue weighted by atomic mass is 16.3. The van der Waals surface area contributed by atoms with Crippen LogP contribution in [0.15, 0.2) is 72.8 Å². The highest BCUT2D eigenvalue weighted by Crippen LogP contribution is 2.42. The third kappa shape index (κ3) is 5.79. The van der Waals surface area contributed by atoms with Crippen LogP contribution >= 0.6 is 0 Å². The molecule has 3 aromatic rings. The Morgan fingerprint density at radius 1 is 0.613 bits per heavy atom. The SMILES string of the molecule is CCCCCCCCCc1ccccc1-c1ccccc1C(C)(C)c1ccccc1O. The van der Waals surface area contributed by atoms with Crippen molar-refractivity contribution in [3.63, 3.8) is 0 Å². The molecule has 0 radical (unpaired) electrons. The molecule has 0 spiro atoms. The second-order valence-corrected chi connectivity index (χ2v) is 9.22. The molecule has 3 rings (SSSR count). The Balaban J connectivity index is 1.84. The second kappa shape index (κ2) is 11.2. The van der Waals surface area contributed by atoms with Gasteiger partial charge in [-0.05, 0) is 41.2 Å². The normalized spacial score (nSPS) is 11.6. The predicted octanol–water partition coefficient (Wildman–Crippen LogP) is 8.68. The molecule has 0 bridgehead atoms. The maximum absolute atomic E-state index is 10.5. The first-order chi connectivity index (χ1) is 15.1. The van der Waals surface area contributed by atoms with Gasteiger partial charge in [-0.2, -0.15) is 0 Å². The van der Waals surface area contributed by atoms with Crippen LogP contribution in [0.3, 0.4) is 0 Å². The van der Waals surface area contributed by atoms with Crippen molar-refractivity contribution in [3.05, 3.63) is 89.5 Å². The fourth-order valence-electron chi connectivity index (χ4n) is 4.68. The van der Waals surface area contributed by atoms with Crippen molar-refractivity contribution in [3.8, 4) is 16.9 Å². The van der Waals surface area contributed by atoms with E-state index < -0.39 is 0 Å². The van der Waals surface area contributed by atoms with Crippen LogP contribution in [0.2, 0.25) is 0 Å². The van der Waals surface area contributed by atoms with Crippen molar-refractivity contribution < 1.29 is 5.11 Å². The van der Waals surface area contributed by atoms with Crippen molar-refractivity contribution in [1.29, 1.82) is 0 Å². The zero-order valence-electron chi connectivity index (χ0n) is 19.5. The lowest BCUT2D eigenvalue weighted by Gasteiger charge is -2.30. The van der Waals surface area contributed by atoms with Gasteiger partial charge in [-0.25, -0.2) is 0 Å². The second-order valence-electron chi connectivity index (χ2n) is 9.22. The average molecular weight is 415 g/mol. The predicted molar refractivity (Wildman–Crippen MR) is 134 cm³/mol. The topological polar surface area (TPSA) is 20.2 Å². The van der Waals surface area contributed by atoms with E-state index in [1.54, 1.807) is 6.07 Å². The molecule has 0 heterocycles. The number of rotatable bonds is 11. The van der Waals surface area contributed by atoms with Crippen molar-refractivity contribution >= 4 is 0 Å². The standard InChI is InChI=1S/C30H38O/c1-4-5-6-7-8-9-10-17-24-18-11-12-19-25(24)26-20-13-14-21-27(26)30(2,3)28-22-15-16-23-29(28)31/h11-16,18-23,31H,4-10,17H2,1-3H3. The molecule has 0 aliphatic heterocycles. The lowest BCUT2D eigenvalue weighted by molar-refractivity contribution is 0.453. The molecule has 1 N–H and O–H groups in total. The van der Waals surface area contributed by atoms with Crippen LogP contribution in [0.25, 0.3) is 11.1 Å². The molecular weight excluding hydrogens is 376 g/mol. The Hall–Kier alpha value is -2.54. The Morgan fingerprint density at radius 2 is 1.16 bits per heavy atom. The molecule has 0 aromatic heterocycles. The van der Waals surface area contributed by atoms with Crippen molar-refractivity contribution in [2.24, 2.45) is 0 Å². The summed E-state index contributed by atoms with van der Waals surface area (Å²) in [5, 5.41) is 10.5. The lowest BCUT2D eigenvalue weighted by atomic mass is 9.74. The highest BCUT2D eigenvalue weighted by Gasteiger charge is 2.28. The summed E-state index contributed by atoms with van der Waals surface area (Å²) in [5.74, 6) is 0.360. The molecule has 1 nitrogen and oxygen atoms in total. The van der Waals surface area contributed by atoms with Gasteiger partial charge in [0.1, 0.15) is 5.75 Å². The summed E-state index contributed by atoms with van der Waals surface area (Å²) < 4.78 is 0. The molecule has 0 saturated heterocycles. The minimum Gasteiger partial charge on any atom is -0.508 e. The number of unbranched alkanes of at least 4 members (excludes halogenated alkanes) is 6. The molecule has 0 atom stereocenters. The van der Waals surface area contributed by atoms with Crippen LogP contribution in [-0.2, 0) is 11.8 Å². The van der Waals surface area contributed by atoms with E-state index in [2.05, 4.69) is 69.3 Å². The fourth-order valence-corrected chi connectivity index (χ4v) is 4.68. The van der Waals surface area contributed by atoms with Gasteiger partial charge in [0, 0.05) is 11.0 Å². The third-order valence-electron chi connectivity index (χ3n) is 6.54. The summed E-state index contributed by atoms with van der Waals surface area (Å²) in [6.45, 7) is 6.69. The first kappa shape index (κ1) is 23.1. The summed E-state index contributed by atoms with van der Waals surface area (Å²) in [6.07, 6.45) is 10.4. The number of benzene rings is 3. The molecule has 0 aliphatic carbocycles. The number of hydrogen-bond acceptors (Lipinski definition) is 1. The molecule has 164 valence electrons. The van der Waals surface area contributed by atoms with E-state index in [1.165, 1.54) is 67.2 Å². The van der Waals surface area contributed by atoms with Gasteiger partial charge in [0.15, 0.2) is 0 Å². The lowest BCUT2D eigenvalue weighted by Crippen LogP contribution is -2.20. The Bertz CT molecular complexity index is 954. The maximum Gasteiger partial charge on any atom is 0.119 e. The van der Waals surface area contributed by atoms with Gasteiger partial charge in [0.25, 0.3) is 0 Å². The molecule has 0 aliphatic rings. The first-order valence-electron chi connectivity index (χ1n) is 12.0. The Labute approximate surface area is 189 Å². The average Bonchev–Trinajstić information content (AvgIpc) is 2.79. The quantitative estimate of drug-likeness (QED) is 0.311. The van der Waals surface area contributed by atoms with Gasteiger partial charge < -0.3 is 5.11 Å². The monoisotopic (exact) mass is 414 g/mol. The summed E-state index contributed by atoms with van der Waals surface area (Å²) in [4.78, 5) is 0. The summed E-state index contributed by atoms with van der Waals surface area (Å²) in [7, 11) is 0. The molecule has 31 heavy (non-hydrogen) atoms. The van der Waals surface area contributed by atoms with Crippen LogP contribution in [0, 0.1) is 0 Å². The summed E-state index contributed by atoms with van der Waals surface area (Å²) >= 11 is 0. The van der Waals surface area contributed by atoms with Gasteiger partial charge in [-0.3, -0.25) is 0 Å². The zero-order chi connectivity index (χ0) is 22.1. The van der Waals surface area contributed by atoms with Gasteiger partial charge in [0.05, 0.1) is 0 Å². The maximum atomic E-state index is 10.5. The van der Waals surface area contributed by atoms with Crippen molar-refractivity contribution in [2.75, 3.05) is 0 Å². The van der Waals surface area contributed by atoms with Crippen LogP contribution in [0.1, 0.15) is 82.4 Å². The van der Waals surface area contributed by atoms with Crippen LogP contribution in [0.4, 0.5) is 0 Å². The number of phenolic OH excluding ortho intramolecular Hbond substituents is 1. The summed E-state index contributed by atoms with van der Waals surface area (Å²) in [5.41, 5.74) is 5.95. The number of para-hydroxylation sites is 1. The largest absolute Gasteiger partial charge is 0.508 e. The number of hydrogen-bond donors (Lipinski definition) is 1. The first-order valence-corrected chi connectivity index (χ1v) is 12.0. The number of aromatic hydroxyl groups is 1. The molecule has 0 unspecified atom stereocenters. The van der Waals surface area contributed by atoms with Gasteiger partial charge in [-0.15, -0.1) is 0 Å². The van der Waals surface area contributed by atoms with Crippen LogP contribution in [-0.4, -0.2) is 5.11 Å². The molecular formula is C30H38O. The van der Waals surface area contributed by atoms with Crippen molar-refractivity contribution in [2.45, 2.75) is 77.6 Å². The Morgan fingerprint density at radius 3 is 1.87 bits per heavy atom. The minimum atomic E-state index is -0.297. The zero-order valence-corrected chi connectivity index (χ0v) is 19.5. The van der Waals surface area contributed by atoms with E-state index in [0.29, 0.717) is 5.75 Å². The molecule has 1 heteroatoms. The van der Waals surface area contributed by atoms with Gasteiger partial charge in [0.2, 0.25) is 0 Å². The van der Waals surface area contributed by atoms with Crippen molar-refractivity contribution in [1.82, 2.24) is 0 Å². The van der Waals surface area contributed by atoms with E-state index in [9.17, 15) is 5.11 Å². The number of phenols is 1. The van der Waals surface area contributed by atoms with E-state index in [1.807, 2.05) is 18.2 Å². The minimum absolute atomic E-state index is 0.297. The number of aryl methyl sites for hydroxylation is 1. The molecule has 0 saturated carbocycles. The molecule has 0 fully saturated rings. The van der Waals surface area contributed by atoms with E-state index >= 15 is 0 Å². The smallest absolute Gasteiger partial charge is 0.119 e. The van der Waals surface area contributed by atoms with Gasteiger partial charge in [-0.1, -0.05) is 126 Å². The Kier molecular flexibility index (Phi) is 8.35.